The molecular weight excluding hydrogens is 312 g/mol. The van der Waals surface area contributed by atoms with Crippen LogP contribution >= 0.6 is 0 Å². The maximum absolute atomic E-state index is 12.6. The third-order valence-electron chi connectivity index (χ3n) is 4.70. The van der Waals surface area contributed by atoms with Gasteiger partial charge in [0.1, 0.15) is 6.10 Å². The van der Waals surface area contributed by atoms with Crippen LogP contribution in [0.3, 0.4) is 0 Å². The van der Waals surface area contributed by atoms with E-state index in [1.165, 1.54) is 5.56 Å². The lowest BCUT2D eigenvalue weighted by Gasteiger charge is -2.24. The van der Waals surface area contributed by atoms with E-state index in [9.17, 15) is 4.79 Å². The molecule has 0 amide bonds. The first kappa shape index (κ1) is 17.2. The van der Waals surface area contributed by atoms with Crippen molar-refractivity contribution in [2.45, 2.75) is 18.9 Å². The minimum absolute atomic E-state index is 0.0645. The zero-order chi connectivity index (χ0) is 18.0. The van der Waals surface area contributed by atoms with Gasteiger partial charge in [0.25, 0.3) is 0 Å². The standard InChI is InChI=1S/C21H22N2O2/c1-14-4-8-17(9-5-14)20-19(16-10-6-15(12-22)7-11-16)18(13-23(2)3)21(24)25-20/h4-11,18-20H,13H2,1-3H3/t18?,19-,20-/m1/s1. The average molecular weight is 334 g/mol. The van der Waals surface area contributed by atoms with Crippen LogP contribution in [0.1, 0.15) is 34.3 Å². The number of carbonyl (C=O) groups excluding carboxylic acids is 1. The molecule has 0 bridgehead atoms. The van der Waals surface area contributed by atoms with Crippen molar-refractivity contribution in [2.75, 3.05) is 20.6 Å². The van der Waals surface area contributed by atoms with Gasteiger partial charge in [0.2, 0.25) is 0 Å². The van der Waals surface area contributed by atoms with Crippen LogP contribution in [-0.2, 0) is 9.53 Å². The highest BCUT2D eigenvalue weighted by molar-refractivity contribution is 5.77. The van der Waals surface area contributed by atoms with Crippen molar-refractivity contribution in [3.8, 4) is 6.07 Å². The molecule has 2 aromatic rings. The van der Waals surface area contributed by atoms with Crippen molar-refractivity contribution in [1.29, 1.82) is 5.26 Å². The van der Waals surface area contributed by atoms with Gasteiger partial charge in [0.05, 0.1) is 17.6 Å². The summed E-state index contributed by atoms with van der Waals surface area (Å²) in [5.41, 5.74) is 3.83. The molecule has 0 aromatic heterocycles. The number of cyclic esters (lactones) is 1. The van der Waals surface area contributed by atoms with Crippen LogP contribution in [0.25, 0.3) is 0 Å². The van der Waals surface area contributed by atoms with Crippen LogP contribution in [0.4, 0.5) is 0 Å². The Morgan fingerprint density at radius 1 is 1.04 bits per heavy atom. The van der Waals surface area contributed by atoms with E-state index >= 15 is 0 Å². The maximum atomic E-state index is 12.6. The number of hydrogen-bond donors (Lipinski definition) is 0. The molecule has 1 aliphatic heterocycles. The minimum Gasteiger partial charge on any atom is -0.457 e. The lowest BCUT2D eigenvalue weighted by atomic mass is 9.81. The van der Waals surface area contributed by atoms with Crippen LogP contribution in [-0.4, -0.2) is 31.5 Å². The van der Waals surface area contributed by atoms with E-state index in [1.807, 2.05) is 62.3 Å². The first-order valence-electron chi connectivity index (χ1n) is 8.41. The number of benzene rings is 2. The number of hydrogen-bond acceptors (Lipinski definition) is 4. The summed E-state index contributed by atoms with van der Waals surface area (Å²) in [7, 11) is 3.92. The molecule has 1 heterocycles. The monoisotopic (exact) mass is 334 g/mol. The molecule has 1 fully saturated rings. The highest BCUT2D eigenvalue weighted by atomic mass is 16.6. The Labute approximate surface area is 148 Å². The Hall–Kier alpha value is -2.64. The van der Waals surface area contributed by atoms with Crippen LogP contribution < -0.4 is 0 Å². The number of ether oxygens (including phenoxy) is 1. The van der Waals surface area contributed by atoms with E-state index < -0.39 is 0 Å². The molecule has 0 radical (unpaired) electrons. The van der Waals surface area contributed by atoms with Crippen molar-refractivity contribution >= 4 is 5.97 Å². The summed E-state index contributed by atoms with van der Waals surface area (Å²) >= 11 is 0. The quantitative estimate of drug-likeness (QED) is 0.804. The fourth-order valence-corrected chi connectivity index (χ4v) is 3.44. The summed E-state index contributed by atoms with van der Waals surface area (Å²) in [5, 5.41) is 9.03. The van der Waals surface area contributed by atoms with Gasteiger partial charge in [-0.1, -0.05) is 42.0 Å². The third kappa shape index (κ3) is 3.57. The van der Waals surface area contributed by atoms with Crippen molar-refractivity contribution in [3.63, 3.8) is 0 Å². The number of nitrogens with zero attached hydrogens (tertiary/aromatic N) is 2. The second-order valence-electron chi connectivity index (χ2n) is 6.90. The second-order valence-corrected chi connectivity index (χ2v) is 6.90. The number of aryl methyl sites for hydroxylation is 1. The van der Waals surface area contributed by atoms with Crippen molar-refractivity contribution < 1.29 is 9.53 Å². The van der Waals surface area contributed by atoms with E-state index in [4.69, 9.17) is 10.00 Å². The third-order valence-corrected chi connectivity index (χ3v) is 4.70. The Balaban J connectivity index is 2.01. The molecule has 3 atom stereocenters. The van der Waals surface area contributed by atoms with Gasteiger partial charge in [-0.2, -0.15) is 5.26 Å². The number of carbonyl (C=O) groups is 1. The molecule has 4 heteroatoms. The number of nitriles is 1. The van der Waals surface area contributed by atoms with Gasteiger partial charge in [-0.15, -0.1) is 0 Å². The molecule has 4 nitrogen and oxygen atoms in total. The molecule has 0 spiro atoms. The lowest BCUT2D eigenvalue weighted by molar-refractivity contribution is -0.144. The Morgan fingerprint density at radius 2 is 1.64 bits per heavy atom. The molecule has 0 N–H and O–H groups in total. The fraction of sp³-hybridized carbons (Fsp3) is 0.333. The van der Waals surface area contributed by atoms with Gasteiger partial charge < -0.3 is 9.64 Å². The summed E-state index contributed by atoms with van der Waals surface area (Å²) in [6.45, 7) is 2.67. The molecule has 0 aliphatic carbocycles. The highest BCUT2D eigenvalue weighted by Crippen LogP contribution is 2.46. The second kappa shape index (κ2) is 7.08. The number of rotatable bonds is 4. The summed E-state index contributed by atoms with van der Waals surface area (Å²) in [6, 6.07) is 17.8. The van der Waals surface area contributed by atoms with Gasteiger partial charge in [-0.05, 0) is 44.3 Å². The minimum atomic E-state index is -0.300. The topological polar surface area (TPSA) is 53.3 Å². The normalized spacial score (nSPS) is 22.7. The van der Waals surface area contributed by atoms with E-state index in [-0.39, 0.29) is 23.9 Å². The van der Waals surface area contributed by atoms with Crippen molar-refractivity contribution in [3.05, 3.63) is 70.8 Å². The summed E-state index contributed by atoms with van der Waals surface area (Å²) in [6.07, 6.45) is -0.300. The largest absolute Gasteiger partial charge is 0.457 e. The summed E-state index contributed by atoms with van der Waals surface area (Å²) in [5.74, 6) is -0.451. The van der Waals surface area contributed by atoms with Crippen LogP contribution in [0.15, 0.2) is 48.5 Å². The molecule has 25 heavy (non-hydrogen) atoms. The van der Waals surface area contributed by atoms with Crippen LogP contribution in [0.2, 0.25) is 0 Å². The molecule has 128 valence electrons. The van der Waals surface area contributed by atoms with Gasteiger partial charge in [-0.25, -0.2) is 0 Å². The van der Waals surface area contributed by atoms with Crippen molar-refractivity contribution in [1.82, 2.24) is 4.90 Å². The van der Waals surface area contributed by atoms with Gasteiger partial charge in [0, 0.05) is 12.5 Å². The molecular formula is C21H22N2O2. The lowest BCUT2D eigenvalue weighted by Crippen LogP contribution is -2.28. The molecule has 2 aromatic carbocycles. The predicted octanol–water partition coefficient (Wildman–Crippen LogP) is 3.43. The van der Waals surface area contributed by atoms with Crippen LogP contribution in [0.5, 0.6) is 0 Å². The highest BCUT2D eigenvalue weighted by Gasteiger charge is 2.46. The first-order valence-corrected chi connectivity index (χ1v) is 8.41. The Bertz CT molecular complexity index is 788. The Kier molecular flexibility index (Phi) is 4.87. The first-order chi connectivity index (χ1) is 12.0. The van der Waals surface area contributed by atoms with E-state index in [1.54, 1.807) is 12.1 Å². The average Bonchev–Trinajstić information content (AvgIpc) is 2.91. The zero-order valence-corrected chi connectivity index (χ0v) is 14.8. The van der Waals surface area contributed by atoms with Gasteiger partial charge >= 0.3 is 5.97 Å². The zero-order valence-electron chi connectivity index (χ0n) is 14.8. The Morgan fingerprint density at radius 3 is 2.20 bits per heavy atom. The SMILES string of the molecule is Cc1ccc([C@H]2OC(=O)C(CN(C)C)[C@H]2c2ccc(C#N)cc2)cc1. The van der Waals surface area contributed by atoms with Gasteiger partial charge in [0.15, 0.2) is 0 Å². The smallest absolute Gasteiger partial charge is 0.311 e. The molecule has 1 saturated heterocycles. The maximum Gasteiger partial charge on any atom is 0.311 e. The van der Waals surface area contributed by atoms with E-state index in [0.29, 0.717) is 12.1 Å². The fourth-order valence-electron chi connectivity index (χ4n) is 3.44. The predicted molar refractivity (Wildman–Crippen MR) is 96.0 cm³/mol. The van der Waals surface area contributed by atoms with E-state index in [2.05, 4.69) is 6.07 Å². The molecule has 1 aliphatic rings. The summed E-state index contributed by atoms with van der Waals surface area (Å²) in [4.78, 5) is 14.6. The van der Waals surface area contributed by atoms with Crippen molar-refractivity contribution in [2.24, 2.45) is 5.92 Å². The summed E-state index contributed by atoms with van der Waals surface area (Å²) < 4.78 is 5.79. The molecule has 1 unspecified atom stereocenters. The van der Waals surface area contributed by atoms with Gasteiger partial charge in [-0.3, -0.25) is 4.79 Å². The number of esters is 1. The van der Waals surface area contributed by atoms with Crippen LogP contribution in [0, 0.1) is 24.2 Å². The molecule has 0 saturated carbocycles. The van der Waals surface area contributed by atoms with E-state index in [0.717, 1.165) is 11.1 Å². The molecule has 3 rings (SSSR count).